The normalized spacial score (nSPS) is 10.6. The SMILES string of the molecule is Cc1cccc(C)c1OCC(=O)N(CCN(C(=O)COc1c(C)cccc1C)c1ccccc1)c1ccccc1. The molecule has 0 radical (unpaired) electrons. The quantitative estimate of drug-likeness (QED) is 0.221. The second-order valence-electron chi connectivity index (χ2n) is 9.78. The Hall–Kier alpha value is -4.58. The molecule has 0 atom stereocenters. The van der Waals surface area contributed by atoms with Crippen molar-refractivity contribution in [1.29, 1.82) is 0 Å². The van der Waals surface area contributed by atoms with Gasteiger partial charge in [0.25, 0.3) is 11.8 Å². The Kier molecular flexibility index (Phi) is 9.57. The molecule has 0 N–H and O–H groups in total. The fourth-order valence-corrected chi connectivity index (χ4v) is 4.69. The zero-order valence-corrected chi connectivity index (χ0v) is 23.6. The number of aryl methyl sites for hydroxylation is 4. The highest BCUT2D eigenvalue weighted by Gasteiger charge is 2.22. The van der Waals surface area contributed by atoms with Crippen molar-refractivity contribution >= 4 is 23.2 Å². The van der Waals surface area contributed by atoms with E-state index in [2.05, 4.69) is 0 Å². The third-order valence-electron chi connectivity index (χ3n) is 6.78. The lowest BCUT2D eigenvalue weighted by molar-refractivity contribution is -0.122. The monoisotopic (exact) mass is 536 g/mol. The Bertz CT molecular complexity index is 1290. The van der Waals surface area contributed by atoms with Crippen molar-refractivity contribution in [1.82, 2.24) is 0 Å². The van der Waals surface area contributed by atoms with E-state index >= 15 is 0 Å². The lowest BCUT2D eigenvalue weighted by Gasteiger charge is -2.28. The summed E-state index contributed by atoms with van der Waals surface area (Å²) in [5.41, 5.74) is 5.38. The molecule has 0 aliphatic rings. The van der Waals surface area contributed by atoms with Crippen molar-refractivity contribution in [2.24, 2.45) is 0 Å². The van der Waals surface area contributed by atoms with Gasteiger partial charge in [-0.15, -0.1) is 0 Å². The van der Waals surface area contributed by atoms with E-state index in [0.717, 1.165) is 33.6 Å². The van der Waals surface area contributed by atoms with Gasteiger partial charge in [-0.2, -0.15) is 0 Å². The number of ether oxygens (including phenoxy) is 2. The number of carbonyl (C=O) groups is 2. The van der Waals surface area contributed by atoms with Gasteiger partial charge < -0.3 is 19.3 Å². The third-order valence-corrected chi connectivity index (χ3v) is 6.78. The van der Waals surface area contributed by atoms with Gasteiger partial charge in [0, 0.05) is 24.5 Å². The fraction of sp³-hybridized carbons (Fsp3) is 0.235. The summed E-state index contributed by atoms with van der Waals surface area (Å²) in [6.07, 6.45) is 0. The lowest BCUT2D eigenvalue weighted by atomic mass is 10.1. The largest absolute Gasteiger partial charge is 0.483 e. The van der Waals surface area contributed by atoms with Crippen LogP contribution in [-0.4, -0.2) is 38.1 Å². The van der Waals surface area contributed by atoms with Crippen LogP contribution in [0.4, 0.5) is 11.4 Å². The molecule has 2 amide bonds. The molecule has 6 heteroatoms. The maximum absolute atomic E-state index is 13.5. The number of amides is 2. The molecular weight excluding hydrogens is 500 g/mol. The van der Waals surface area contributed by atoms with Gasteiger partial charge in [0.05, 0.1) is 0 Å². The minimum Gasteiger partial charge on any atom is -0.483 e. The van der Waals surface area contributed by atoms with Gasteiger partial charge in [-0.3, -0.25) is 9.59 Å². The van der Waals surface area contributed by atoms with Crippen molar-refractivity contribution in [3.63, 3.8) is 0 Å². The van der Waals surface area contributed by atoms with E-state index in [1.165, 1.54) is 0 Å². The van der Waals surface area contributed by atoms with E-state index in [0.29, 0.717) is 11.5 Å². The summed E-state index contributed by atoms with van der Waals surface area (Å²) in [6, 6.07) is 30.7. The molecule has 206 valence electrons. The highest BCUT2D eigenvalue weighted by molar-refractivity contribution is 5.96. The topological polar surface area (TPSA) is 59.1 Å². The average molecular weight is 537 g/mol. The van der Waals surface area contributed by atoms with Crippen molar-refractivity contribution in [2.75, 3.05) is 36.1 Å². The number of para-hydroxylation sites is 4. The van der Waals surface area contributed by atoms with Crippen LogP contribution in [0.1, 0.15) is 22.3 Å². The predicted molar refractivity (Wildman–Crippen MR) is 160 cm³/mol. The lowest BCUT2D eigenvalue weighted by Crippen LogP contribution is -2.44. The van der Waals surface area contributed by atoms with Crippen LogP contribution in [0, 0.1) is 27.7 Å². The van der Waals surface area contributed by atoms with Gasteiger partial charge in [-0.05, 0) is 74.2 Å². The highest BCUT2D eigenvalue weighted by atomic mass is 16.5. The Balaban J connectivity index is 1.52. The van der Waals surface area contributed by atoms with Crippen LogP contribution in [0.5, 0.6) is 11.5 Å². The number of anilines is 2. The van der Waals surface area contributed by atoms with Crippen molar-refractivity contribution in [3.8, 4) is 11.5 Å². The zero-order valence-electron chi connectivity index (χ0n) is 23.6. The first-order valence-electron chi connectivity index (χ1n) is 13.4. The van der Waals surface area contributed by atoms with Gasteiger partial charge in [0.2, 0.25) is 0 Å². The molecule has 0 aliphatic heterocycles. The summed E-state index contributed by atoms with van der Waals surface area (Å²) < 4.78 is 12.0. The van der Waals surface area contributed by atoms with E-state index in [-0.39, 0.29) is 38.1 Å². The second kappa shape index (κ2) is 13.5. The first-order chi connectivity index (χ1) is 19.3. The van der Waals surface area contributed by atoms with Crippen molar-refractivity contribution in [3.05, 3.63) is 119 Å². The second-order valence-corrected chi connectivity index (χ2v) is 9.78. The van der Waals surface area contributed by atoms with Crippen LogP contribution in [0.3, 0.4) is 0 Å². The molecule has 0 spiro atoms. The standard InChI is InChI=1S/C34H36N2O4/c1-25-13-11-14-26(2)33(25)39-23-31(37)35(29-17-7-5-8-18-29)21-22-36(30-19-9-6-10-20-30)32(38)24-40-34-27(3)15-12-16-28(34)4/h5-20H,21-24H2,1-4H3. The minimum absolute atomic E-state index is 0.116. The van der Waals surface area contributed by atoms with E-state index in [9.17, 15) is 9.59 Å². The number of hydrogen-bond donors (Lipinski definition) is 0. The number of benzene rings is 4. The van der Waals surface area contributed by atoms with Crippen LogP contribution in [0.15, 0.2) is 97.1 Å². The maximum atomic E-state index is 13.5. The van der Waals surface area contributed by atoms with Crippen LogP contribution in [-0.2, 0) is 9.59 Å². The van der Waals surface area contributed by atoms with Gasteiger partial charge in [0.15, 0.2) is 13.2 Å². The molecular formula is C34H36N2O4. The number of rotatable bonds is 11. The molecule has 0 aromatic heterocycles. The molecule has 4 aromatic rings. The van der Waals surface area contributed by atoms with Crippen LogP contribution < -0.4 is 19.3 Å². The molecule has 0 saturated carbocycles. The summed E-state index contributed by atoms with van der Waals surface area (Å²) in [5, 5.41) is 0. The van der Waals surface area contributed by atoms with Gasteiger partial charge >= 0.3 is 0 Å². The summed E-state index contributed by atoms with van der Waals surface area (Å²) in [5.74, 6) is 1.05. The molecule has 0 unspecified atom stereocenters. The van der Waals surface area contributed by atoms with Crippen LogP contribution in [0.2, 0.25) is 0 Å². The summed E-state index contributed by atoms with van der Waals surface area (Å²) in [7, 11) is 0. The molecule has 0 heterocycles. The predicted octanol–water partition coefficient (Wildman–Crippen LogP) is 6.44. The Labute approximate surface area is 236 Å². The molecule has 0 fully saturated rings. The van der Waals surface area contributed by atoms with Gasteiger partial charge in [-0.1, -0.05) is 72.8 Å². The van der Waals surface area contributed by atoms with E-state index in [4.69, 9.17) is 9.47 Å². The highest BCUT2D eigenvalue weighted by Crippen LogP contribution is 2.24. The first kappa shape index (κ1) is 28.4. The fourth-order valence-electron chi connectivity index (χ4n) is 4.69. The number of hydrogen-bond acceptors (Lipinski definition) is 4. The van der Waals surface area contributed by atoms with E-state index in [1.54, 1.807) is 9.80 Å². The van der Waals surface area contributed by atoms with E-state index < -0.39 is 0 Å². The van der Waals surface area contributed by atoms with E-state index in [1.807, 2.05) is 125 Å². The number of carbonyl (C=O) groups excluding carboxylic acids is 2. The summed E-state index contributed by atoms with van der Waals surface area (Å²) in [4.78, 5) is 30.4. The Morgan fingerprint density at radius 1 is 0.500 bits per heavy atom. The molecule has 40 heavy (non-hydrogen) atoms. The Morgan fingerprint density at radius 3 is 1.15 bits per heavy atom. The number of nitrogens with zero attached hydrogens (tertiary/aromatic N) is 2. The van der Waals surface area contributed by atoms with Crippen molar-refractivity contribution in [2.45, 2.75) is 27.7 Å². The average Bonchev–Trinajstić information content (AvgIpc) is 2.95. The summed E-state index contributed by atoms with van der Waals surface area (Å²) >= 11 is 0. The third kappa shape index (κ3) is 7.08. The molecule has 4 rings (SSSR count). The molecule has 0 saturated heterocycles. The van der Waals surface area contributed by atoms with Crippen LogP contribution in [0.25, 0.3) is 0 Å². The van der Waals surface area contributed by atoms with Gasteiger partial charge in [0.1, 0.15) is 11.5 Å². The zero-order chi connectivity index (χ0) is 28.5. The molecule has 4 aromatic carbocycles. The molecule has 0 bridgehead atoms. The Morgan fingerprint density at radius 2 is 0.825 bits per heavy atom. The van der Waals surface area contributed by atoms with Crippen LogP contribution >= 0.6 is 0 Å². The minimum atomic E-state index is -0.193. The van der Waals surface area contributed by atoms with Crippen molar-refractivity contribution < 1.29 is 19.1 Å². The smallest absolute Gasteiger partial charge is 0.264 e. The summed E-state index contributed by atoms with van der Waals surface area (Å²) in [6.45, 7) is 8.19. The molecule has 0 aliphatic carbocycles. The molecule has 6 nitrogen and oxygen atoms in total. The first-order valence-corrected chi connectivity index (χ1v) is 13.4. The maximum Gasteiger partial charge on any atom is 0.264 e. The van der Waals surface area contributed by atoms with Gasteiger partial charge in [-0.25, -0.2) is 0 Å².